The quantitative estimate of drug-likeness (QED) is 0.917. The molecule has 0 radical (unpaired) electrons. The van der Waals surface area contributed by atoms with Crippen molar-refractivity contribution in [3.63, 3.8) is 0 Å². The van der Waals surface area contributed by atoms with Crippen LogP contribution in [-0.4, -0.2) is 28.9 Å². The predicted molar refractivity (Wildman–Crippen MR) is 86.9 cm³/mol. The average Bonchev–Trinajstić information content (AvgIpc) is 2.78. The predicted octanol–water partition coefficient (Wildman–Crippen LogP) is 4.29. The van der Waals surface area contributed by atoms with Gasteiger partial charge in [0.1, 0.15) is 0 Å². The van der Waals surface area contributed by atoms with Crippen LogP contribution in [0.5, 0.6) is 0 Å². The molecule has 0 saturated carbocycles. The molecule has 1 aromatic heterocycles. The highest BCUT2D eigenvalue weighted by Crippen LogP contribution is 2.36. The van der Waals surface area contributed by atoms with Crippen LogP contribution >= 0.6 is 11.6 Å². The second kappa shape index (κ2) is 5.94. The maximum atomic E-state index is 11.7. The van der Waals surface area contributed by atoms with E-state index in [0.717, 1.165) is 42.7 Å². The lowest BCUT2D eigenvalue weighted by molar-refractivity contribution is 0.0516. The summed E-state index contributed by atoms with van der Waals surface area (Å²) in [7, 11) is 0. The average molecular weight is 322 g/mol. The molecule has 1 fully saturated rings. The Morgan fingerprint density at radius 2 is 2.09 bits per heavy atom. The zero-order valence-corrected chi connectivity index (χ0v) is 13.6. The van der Waals surface area contributed by atoms with Crippen LogP contribution in [0.2, 0.25) is 5.02 Å². The van der Waals surface area contributed by atoms with E-state index in [1.165, 1.54) is 0 Å². The van der Waals surface area contributed by atoms with Gasteiger partial charge in [0.2, 0.25) is 0 Å². The van der Waals surface area contributed by atoms with Gasteiger partial charge in [-0.1, -0.05) is 17.7 Å². The number of carboxylic acids is 1. The normalized spacial score (nSPS) is 17.8. The van der Waals surface area contributed by atoms with Gasteiger partial charge in [-0.15, -0.1) is 0 Å². The van der Waals surface area contributed by atoms with Crippen molar-refractivity contribution in [2.24, 2.45) is 5.92 Å². The molecule has 5 heteroatoms. The number of carboxylic acid groups (broad SMARTS) is 1. The second-order valence-electron chi connectivity index (χ2n) is 5.99. The van der Waals surface area contributed by atoms with Crippen molar-refractivity contribution in [1.29, 1.82) is 0 Å². The summed E-state index contributed by atoms with van der Waals surface area (Å²) in [5, 5.41) is 11.0. The Hall–Kier alpha value is -1.52. The van der Waals surface area contributed by atoms with Crippen molar-refractivity contribution in [3.8, 4) is 0 Å². The fraction of sp³-hybridized carbons (Fsp3) is 0.471. The van der Waals surface area contributed by atoms with Crippen LogP contribution in [0.25, 0.3) is 10.9 Å². The molecule has 1 aliphatic heterocycles. The third kappa shape index (κ3) is 2.50. The van der Waals surface area contributed by atoms with Gasteiger partial charge in [-0.25, -0.2) is 4.79 Å². The molecule has 118 valence electrons. The first-order valence-electron chi connectivity index (χ1n) is 7.61. The van der Waals surface area contributed by atoms with E-state index < -0.39 is 5.97 Å². The molecule has 2 aromatic rings. The van der Waals surface area contributed by atoms with Crippen LogP contribution in [0.4, 0.5) is 0 Å². The van der Waals surface area contributed by atoms with Gasteiger partial charge < -0.3 is 14.4 Å². The maximum Gasteiger partial charge on any atom is 0.338 e. The van der Waals surface area contributed by atoms with E-state index in [1.54, 1.807) is 12.1 Å². The number of rotatable bonds is 3. The van der Waals surface area contributed by atoms with E-state index in [2.05, 4.69) is 11.5 Å². The van der Waals surface area contributed by atoms with Crippen molar-refractivity contribution in [2.75, 3.05) is 13.2 Å². The van der Waals surface area contributed by atoms with Gasteiger partial charge in [0.25, 0.3) is 0 Å². The minimum Gasteiger partial charge on any atom is -0.478 e. The summed E-state index contributed by atoms with van der Waals surface area (Å²) in [6.45, 7) is 5.60. The first-order chi connectivity index (χ1) is 10.5. The van der Waals surface area contributed by atoms with Gasteiger partial charge in [0.05, 0.1) is 11.1 Å². The molecule has 0 aliphatic carbocycles. The van der Waals surface area contributed by atoms with Crippen LogP contribution < -0.4 is 0 Å². The van der Waals surface area contributed by atoms with E-state index >= 15 is 0 Å². The van der Waals surface area contributed by atoms with Crippen LogP contribution in [-0.2, 0) is 4.74 Å². The molecular formula is C17H20ClNO3. The van der Waals surface area contributed by atoms with Gasteiger partial charge in [-0.2, -0.15) is 0 Å². The molecule has 2 heterocycles. The second-order valence-corrected chi connectivity index (χ2v) is 6.42. The Balaban J connectivity index is 2.17. The summed E-state index contributed by atoms with van der Waals surface area (Å²) in [6, 6.07) is 5.64. The maximum absolute atomic E-state index is 11.7. The summed E-state index contributed by atoms with van der Waals surface area (Å²) in [4.78, 5) is 11.7. The molecule has 22 heavy (non-hydrogen) atoms. The monoisotopic (exact) mass is 321 g/mol. The number of nitrogens with zero attached hydrogens (tertiary/aromatic N) is 1. The number of fused-ring (bicyclic) bond motifs is 1. The fourth-order valence-corrected chi connectivity index (χ4v) is 3.78. The summed E-state index contributed by atoms with van der Waals surface area (Å²) < 4.78 is 7.58. The number of ether oxygens (including phenoxy) is 1. The van der Waals surface area contributed by atoms with E-state index in [0.29, 0.717) is 16.5 Å². The first kappa shape index (κ1) is 15.4. The smallest absolute Gasteiger partial charge is 0.338 e. The molecule has 0 spiro atoms. The zero-order valence-electron chi connectivity index (χ0n) is 12.8. The largest absolute Gasteiger partial charge is 0.478 e. The first-order valence-corrected chi connectivity index (χ1v) is 7.99. The van der Waals surface area contributed by atoms with Gasteiger partial charge in [0.15, 0.2) is 0 Å². The number of hydrogen-bond donors (Lipinski definition) is 1. The van der Waals surface area contributed by atoms with Crippen molar-refractivity contribution in [1.82, 2.24) is 4.57 Å². The van der Waals surface area contributed by atoms with E-state index in [-0.39, 0.29) is 6.04 Å². The summed E-state index contributed by atoms with van der Waals surface area (Å²) >= 11 is 6.14. The van der Waals surface area contributed by atoms with Crippen molar-refractivity contribution >= 4 is 28.5 Å². The van der Waals surface area contributed by atoms with Crippen molar-refractivity contribution in [3.05, 3.63) is 34.5 Å². The third-order valence-corrected chi connectivity index (χ3v) is 5.02. The van der Waals surface area contributed by atoms with E-state index in [9.17, 15) is 9.90 Å². The fourth-order valence-electron chi connectivity index (χ4n) is 3.62. The van der Waals surface area contributed by atoms with Gasteiger partial charge >= 0.3 is 5.97 Å². The Morgan fingerprint density at radius 3 is 2.73 bits per heavy atom. The highest BCUT2D eigenvalue weighted by atomic mass is 35.5. The minimum absolute atomic E-state index is 0.220. The van der Waals surface area contributed by atoms with Gasteiger partial charge in [0, 0.05) is 35.4 Å². The molecule has 3 rings (SSSR count). The number of aromatic carboxylic acids is 1. The molecule has 1 unspecified atom stereocenters. The number of benzene rings is 1. The Labute approximate surface area is 134 Å². The van der Waals surface area contributed by atoms with E-state index in [1.807, 2.05) is 13.0 Å². The molecule has 0 amide bonds. The lowest BCUT2D eigenvalue weighted by Crippen LogP contribution is -2.24. The summed E-state index contributed by atoms with van der Waals surface area (Å²) in [5.74, 6) is -0.397. The molecule has 1 aromatic carbocycles. The van der Waals surface area contributed by atoms with Crippen LogP contribution in [0.1, 0.15) is 41.9 Å². The van der Waals surface area contributed by atoms with Crippen LogP contribution in [0.15, 0.2) is 18.2 Å². The zero-order chi connectivity index (χ0) is 15.9. The minimum atomic E-state index is -0.886. The number of hydrogen-bond acceptors (Lipinski definition) is 2. The van der Waals surface area contributed by atoms with Crippen molar-refractivity contribution < 1.29 is 14.6 Å². The molecular weight excluding hydrogens is 302 g/mol. The molecule has 1 N–H and O–H groups in total. The third-order valence-electron chi connectivity index (χ3n) is 4.78. The molecule has 1 saturated heterocycles. The SMILES string of the molecule is Cc1c(C(=O)O)c2ccc(Cl)cc2n1C(C)C1CCOCC1. The molecule has 0 bridgehead atoms. The Bertz CT molecular complexity index is 716. The summed E-state index contributed by atoms with van der Waals surface area (Å²) in [6.07, 6.45) is 2.01. The van der Waals surface area contributed by atoms with Gasteiger partial charge in [-0.05, 0) is 44.7 Å². The number of aromatic nitrogens is 1. The molecule has 4 nitrogen and oxygen atoms in total. The number of halogens is 1. The lowest BCUT2D eigenvalue weighted by atomic mass is 9.92. The van der Waals surface area contributed by atoms with E-state index in [4.69, 9.17) is 16.3 Å². The highest BCUT2D eigenvalue weighted by Gasteiger charge is 2.27. The van der Waals surface area contributed by atoms with Crippen molar-refractivity contribution in [2.45, 2.75) is 32.7 Å². The Morgan fingerprint density at radius 1 is 1.41 bits per heavy atom. The topological polar surface area (TPSA) is 51.5 Å². The lowest BCUT2D eigenvalue weighted by Gasteiger charge is -2.30. The van der Waals surface area contributed by atoms with Crippen LogP contribution in [0, 0.1) is 12.8 Å². The standard InChI is InChI=1S/C17H20ClNO3/c1-10(12-5-7-22-8-6-12)19-11(2)16(17(20)21)14-4-3-13(18)9-15(14)19/h3-4,9-10,12H,5-8H2,1-2H3,(H,20,21). The van der Waals surface area contributed by atoms with Crippen LogP contribution in [0.3, 0.4) is 0 Å². The Kier molecular flexibility index (Phi) is 4.15. The molecule has 1 atom stereocenters. The number of carbonyl (C=O) groups is 1. The molecule has 1 aliphatic rings. The summed E-state index contributed by atoms with van der Waals surface area (Å²) in [5.41, 5.74) is 2.08. The van der Waals surface area contributed by atoms with Gasteiger partial charge in [-0.3, -0.25) is 0 Å². The highest BCUT2D eigenvalue weighted by molar-refractivity contribution is 6.31.